The normalized spacial score (nSPS) is 9.20. The quantitative estimate of drug-likeness (QED) is 0.367. The van der Waals surface area contributed by atoms with Crippen molar-refractivity contribution in [3.05, 3.63) is 18.2 Å². The van der Waals surface area contributed by atoms with Crippen LogP contribution in [0.15, 0.2) is 23.1 Å². The molecule has 3 heteroatoms. The molecule has 1 rings (SSSR count). The van der Waals surface area contributed by atoms with Gasteiger partial charge in [0.15, 0.2) is 0 Å². The maximum atomic E-state index is 5.67. The molecule has 0 aromatic heterocycles. The first-order chi connectivity index (χ1) is 7.27. The van der Waals surface area contributed by atoms with Gasteiger partial charge in [-0.3, -0.25) is 0 Å². The number of hydrogen-bond donors (Lipinski definition) is 1. The van der Waals surface area contributed by atoms with Crippen molar-refractivity contribution in [1.29, 1.82) is 0 Å². The molecule has 15 heavy (non-hydrogen) atoms. The Morgan fingerprint density at radius 3 is 2.93 bits per heavy atom. The van der Waals surface area contributed by atoms with Crippen molar-refractivity contribution in [1.82, 2.24) is 0 Å². The van der Waals surface area contributed by atoms with Crippen molar-refractivity contribution in [2.45, 2.75) is 18.2 Å². The summed E-state index contributed by atoms with van der Waals surface area (Å²) in [5, 5.41) is 0. The van der Waals surface area contributed by atoms with Crippen molar-refractivity contribution in [3.63, 3.8) is 0 Å². The van der Waals surface area contributed by atoms with Crippen LogP contribution in [0.5, 0.6) is 5.75 Å². The molecule has 0 spiro atoms. The smallest absolute Gasteiger partial charge is 0.134 e. The van der Waals surface area contributed by atoms with E-state index >= 15 is 0 Å². The van der Waals surface area contributed by atoms with Crippen molar-refractivity contribution in [2.24, 2.45) is 0 Å². The van der Waals surface area contributed by atoms with Gasteiger partial charge in [0.2, 0.25) is 0 Å². The zero-order valence-corrected chi connectivity index (χ0v) is 9.86. The van der Waals surface area contributed by atoms with E-state index in [1.807, 2.05) is 25.1 Å². The summed E-state index contributed by atoms with van der Waals surface area (Å²) in [6, 6.07) is 5.71. The van der Waals surface area contributed by atoms with Gasteiger partial charge in [-0.1, -0.05) is 0 Å². The average molecular weight is 221 g/mol. The minimum absolute atomic E-state index is 0.726. The van der Waals surface area contributed by atoms with Crippen LogP contribution in [0.4, 0.5) is 5.69 Å². The minimum Gasteiger partial charge on any atom is -0.496 e. The van der Waals surface area contributed by atoms with Gasteiger partial charge in [-0.15, -0.1) is 23.6 Å². The Kier molecular flexibility index (Phi) is 4.92. The van der Waals surface area contributed by atoms with E-state index in [2.05, 4.69) is 11.8 Å². The van der Waals surface area contributed by atoms with E-state index in [4.69, 9.17) is 10.5 Å². The molecule has 0 amide bonds. The molecule has 0 unspecified atom stereocenters. The van der Waals surface area contributed by atoms with E-state index in [1.54, 1.807) is 18.9 Å². The summed E-state index contributed by atoms with van der Waals surface area (Å²) in [5.41, 5.74) is 6.39. The zero-order valence-electron chi connectivity index (χ0n) is 9.04. The molecule has 0 aliphatic rings. The predicted molar refractivity (Wildman–Crippen MR) is 66.2 cm³/mol. The maximum Gasteiger partial charge on any atom is 0.134 e. The number of anilines is 1. The number of nitrogen functional groups attached to an aromatic ring is 1. The van der Waals surface area contributed by atoms with Crippen LogP contribution < -0.4 is 10.5 Å². The fourth-order valence-corrected chi connectivity index (χ4v) is 2.01. The Balaban J connectivity index is 2.62. The minimum atomic E-state index is 0.726. The number of methoxy groups -OCH3 is 1. The third-order valence-corrected chi connectivity index (χ3v) is 2.91. The molecule has 2 N–H and O–H groups in total. The van der Waals surface area contributed by atoms with E-state index in [-0.39, 0.29) is 0 Å². The van der Waals surface area contributed by atoms with Crippen LogP contribution in [0.25, 0.3) is 0 Å². The highest BCUT2D eigenvalue weighted by Gasteiger charge is 2.02. The molecular weight excluding hydrogens is 206 g/mol. The average Bonchev–Trinajstić information content (AvgIpc) is 2.26. The highest BCUT2D eigenvalue weighted by atomic mass is 32.2. The maximum absolute atomic E-state index is 5.67. The van der Waals surface area contributed by atoms with Gasteiger partial charge in [-0.25, -0.2) is 0 Å². The standard InChI is InChI=1S/C12H15NOS/c1-3-4-5-8-15-12-7-6-10(13)9-11(12)14-2/h6-7,9H,5,8,13H2,1-2H3. The molecule has 0 bridgehead atoms. The molecule has 0 atom stereocenters. The Bertz CT molecular complexity index is 379. The van der Waals surface area contributed by atoms with Crippen LogP contribution in [-0.2, 0) is 0 Å². The number of ether oxygens (including phenoxy) is 1. The summed E-state index contributed by atoms with van der Waals surface area (Å²) in [6.07, 6.45) is 0.898. The van der Waals surface area contributed by atoms with Gasteiger partial charge in [0, 0.05) is 28.8 Å². The highest BCUT2D eigenvalue weighted by molar-refractivity contribution is 7.99. The van der Waals surface area contributed by atoms with Crippen molar-refractivity contribution in [2.75, 3.05) is 18.6 Å². The number of benzene rings is 1. The Hall–Kier alpha value is -1.27. The lowest BCUT2D eigenvalue weighted by atomic mass is 10.3. The second-order valence-electron chi connectivity index (χ2n) is 2.94. The lowest BCUT2D eigenvalue weighted by Gasteiger charge is -2.07. The summed E-state index contributed by atoms with van der Waals surface area (Å²) in [5.74, 6) is 7.72. The second kappa shape index (κ2) is 6.26. The predicted octanol–water partition coefficient (Wildman–Crippen LogP) is 2.78. The first-order valence-electron chi connectivity index (χ1n) is 4.74. The Labute approximate surface area is 95.2 Å². The molecule has 0 aliphatic heterocycles. The summed E-state index contributed by atoms with van der Waals surface area (Å²) < 4.78 is 5.25. The number of hydrogen-bond acceptors (Lipinski definition) is 3. The third kappa shape index (κ3) is 3.77. The molecular formula is C12H15NOS. The molecule has 1 aromatic rings. The summed E-state index contributed by atoms with van der Waals surface area (Å²) in [6.45, 7) is 1.86. The van der Waals surface area contributed by atoms with Gasteiger partial charge in [0.25, 0.3) is 0 Å². The highest BCUT2D eigenvalue weighted by Crippen LogP contribution is 2.31. The van der Waals surface area contributed by atoms with Gasteiger partial charge in [-0.2, -0.15) is 0 Å². The van der Waals surface area contributed by atoms with Gasteiger partial charge in [0.05, 0.1) is 7.11 Å². The summed E-state index contributed by atoms with van der Waals surface area (Å²) >= 11 is 1.74. The Morgan fingerprint density at radius 1 is 1.47 bits per heavy atom. The molecule has 1 aromatic carbocycles. The third-order valence-electron chi connectivity index (χ3n) is 1.85. The van der Waals surface area contributed by atoms with E-state index in [0.29, 0.717) is 0 Å². The van der Waals surface area contributed by atoms with Crippen LogP contribution in [0.1, 0.15) is 13.3 Å². The van der Waals surface area contributed by atoms with Crippen LogP contribution in [0.3, 0.4) is 0 Å². The van der Waals surface area contributed by atoms with E-state index in [1.165, 1.54) is 0 Å². The van der Waals surface area contributed by atoms with Gasteiger partial charge in [-0.05, 0) is 19.1 Å². The SMILES string of the molecule is CC#CCCSc1ccc(N)cc1OC. The fourth-order valence-electron chi connectivity index (χ4n) is 1.14. The molecule has 0 saturated carbocycles. The molecule has 0 aliphatic carbocycles. The fraction of sp³-hybridized carbons (Fsp3) is 0.333. The van der Waals surface area contributed by atoms with Crippen LogP contribution in [0.2, 0.25) is 0 Å². The largest absolute Gasteiger partial charge is 0.496 e. The molecule has 80 valence electrons. The molecule has 0 radical (unpaired) electrons. The van der Waals surface area contributed by atoms with Gasteiger partial charge >= 0.3 is 0 Å². The van der Waals surface area contributed by atoms with Crippen LogP contribution in [0, 0.1) is 11.8 Å². The van der Waals surface area contributed by atoms with Crippen molar-refractivity contribution < 1.29 is 4.74 Å². The van der Waals surface area contributed by atoms with E-state index in [9.17, 15) is 0 Å². The topological polar surface area (TPSA) is 35.2 Å². The molecule has 0 heterocycles. The molecule has 2 nitrogen and oxygen atoms in total. The van der Waals surface area contributed by atoms with Gasteiger partial charge < -0.3 is 10.5 Å². The lowest BCUT2D eigenvalue weighted by molar-refractivity contribution is 0.405. The van der Waals surface area contributed by atoms with Crippen LogP contribution in [-0.4, -0.2) is 12.9 Å². The number of nitrogens with two attached hydrogens (primary N) is 1. The van der Waals surface area contributed by atoms with Crippen LogP contribution >= 0.6 is 11.8 Å². The second-order valence-corrected chi connectivity index (χ2v) is 4.07. The Morgan fingerprint density at radius 2 is 2.27 bits per heavy atom. The summed E-state index contributed by atoms with van der Waals surface area (Å²) in [4.78, 5) is 1.12. The monoisotopic (exact) mass is 221 g/mol. The van der Waals surface area contributed by atoms with E-state index < -0.39 is 0 Å². The van der Waals surface area contributed by atoms with Gasteiger partial charge in [0.1, 0.15) is 5.75 Å². The summed E-state index contributed by atoms with van der Waals surface area (Å²) in [7, 11) is 1.66. The van der Waals surface area contributed by atoms with Crippen molar-refractivity contribution in [3.8, 4) is 17.6 Å². The zero-order chi connectivity index (χ0) is 11.1. The number of thioether (sulfide) groups is 1. The van der Waals surface area contributed by atoms with E-state index in [0.717, 1.165) is 28.5 Å². The molecule has 0 saturated heterocycles. The first-order valence-corrected chi connectivity index (χ1v) is 5.72. The molecule has 0 fully saturated rings. The number of rotatable bonds is 4. The van der Waals surface area contributed by atoms with Crippen molar-refractivity contribution >= 4 is 17.4 Å². The first kappa shape index (κ1) is 11.8. The lowest BCUT2D eigenvalue weighted by Crippen LogP contribution is -1.90.